The zero-order chi connectivity index (χ0) is 11.4. The SMILES string of the molecule is C=CC(=O)OC12CCC(C1)C1CCCC12O. The molecule has 0 aromatic carbocycles. The van der Waals surface area contributed by atoms with Crippen LogP contribution in [0.15, 0.2) is 12.7 Å². The van der Waals surface area contributed by atoms with Crippen molar-refractivity contribution in [2.24, 2.45) is 11.8 Å². The fourth-order valence-electron chi connectivity index (χ4n) is 4.41. The van der Waals surface area contributed by atoms with Crippen molar-refractivity contribution in [3.05, 3.63) is 12.7 Å². The van der Waals surface area contributed by atoms with E-state index in [1.807, 2.05) is 0 Å². The lowest BCUT2D eigenvalue weighted by Gasteiger charge is -2.42. The van der Waals surface area contributed by atoms with Crippen LogP contribution >= 0.6 is 0 Å². The van der Waals surface area contributed by atoms with Crippen LogP contribution in [0, 0.1) is 11.8 Å². The summed E-state index contributed by atoms with van der Waals surface area (Å²) in [5, 5.41) is 10.8. The smallest absolute Gasteiger partial charge is 0.330 e. The Morgan fingerprint density at radius 3 is 3.00 bits per heavy atom. The second-order valence-corrected chi connectivity index (χ2v) is 5.55. The van der Waals surface area contributed by atoms with Gasteiger partial charge in [-0.3, -0.25) is 0 Å². The molecule has 2 bridgehead atoms. The van der Waals surface area contributed by atoms with E-state index in [-0.39, 0.29) is 5.97 Å². The van der Waals surface area contributed by atoms with Gasteiger partial charge in [0.25, 0.3) is 0 Å². The molecule has 0 aromatic rings. The van der Waals surface area contributed by atoms with Crippen LogP contribution in [0.4, 0.5) is 0 Å². The van der Waals surface area contributed by atoms with Crippen molar-refractivity contribution >= 4 is 5.97 Å². The quantitative estimate of drug-likeness (QED) is 0.572. The maximum Gasteiger partial charge on any atom is 0.330 e. The summed E-state index contributed by atoms with van der Waals surface area (Å²) >= 11 is 0. The van der Waals surface area contributed by atoms with Crippen molar-refractivity contribution in [3.63, 3.8) is 0 Å². The van der Waals surface area contributed by atoms with Gasteiger partial charge in [-0.1, -0.05) is 13.0 Å². The van der Waals surface area contributed by atoms with Gasteiger partial charge in [0.15, 0.2) is 0 Å². The number of aliphatic hydroxyl groups is 1. The Morgan fingerprint density at radius 1 is 1.44 bits per heavy atom. The minimum Gasteiger partial charge on any atom is -0.453 e. The van der Waals surface area contributed by atoms with Gasteiger partial charge in [-0.05, 0) is 43.9 Å². The molecule has 1 N–H and O–H groups in total. The average molecular weight is 222 g/mol. The first-order chi connectivity index (χ1) is 7.61. The van der Waals surface area contributed by atoms with Gasteiger partial charge in [0, 0.05) is 6.08 Å². The van der Waals surface area contributed by atoms with Gasteiger partial charge < -0.3 is 9.84 Å². The van der Waals surface area contributed by atoms with Crippen LogP contribution < -0.4 is 0 Å². The summed E-state index contributed by atoms with van der Waals surface area (Å²) in [6, 6.07) is 0. The highest BCUT2D eigenvalue weighted by atomic mass is 16.6. The predicted molar refractivity (Wildman–Crippen MR) is 58.7 cm³/mol. The lowest BCUT2D eigenvalue weighted by Crippen LogP contribution is -2.54. The number of hydrogen-bond donors (Lipinski definition) is 1. The molecule has 0 heterocycles. The number of rotatable bonds is 2. The molecule has 4 unspecified atom stereocenters. The molecular weight excluding hydrogens is 204 g/mol. The van der Waals surface area contributed by atoms with E-state index >= 15 is 0 Å². The van der Waals surface area contributed by atoms with Crippen LogP contribution in [0.25, 0.3) is 0 Å². The standard InChI is InChI=1S/C13H18O3/c1-2-11(14)16-12-7-5-9(8-12)10-4-3-6-13(10,12)15/h2,9-10,15H,1,3-8H2. The topological polar surface area (TPSA) is 46.5 Å². The maximum atomic E-state index is 11.4. The summed E-state index contributed by atoms with van der Waals surface area (Å²) in [6.07, 6.45) is 6.92. The van der Waals surface area contributed by atoms with Crippen LogP contribution in [0.1, 0.15) is 38.5 Å². The number of carbonyl (C=O) groups excluding carboxylic acids is 1. The highest BCUT2D eigenvalue weighted by Crippen LogP contribution is 2.64. The summed E-state index contributed by atoms with van der Waals surface area (Å²) in [6.45, 7) is 3.43. The van der Waals surface area contributed by atoms with Gasteiger partial charge in [0.1, 0.15) is 11.2 Å². The van der Waals surface area contributed by atoms with Crippen LogP contribution in [-0.2, 0) is 9.53 Å². The summed E-state index contributed by atoms with van der Waals surface area (Å²) < 4.78 is 5.55. The summed E-state index contributed by atoms with van der Waals surface area (Å²) in [5.74, 6) is 0.533. The molecule has 0 aliphatic heterocycles. The van der Waals surface area contributed by atoms with Gasteiger partial charge in [0.2, 0.25) is 0 Å². The molecule has 0 radical (unpaired) electrons. The Hall–Kier alpha value is -0.830. The van der Waals surface area contributed by atoms with Crippen molar-refractivity contribution in [3.8, 4) is 0 Å². The van der Waals surface area contributed by atoms with Gasteiger partial charge in [-0.2, -0.15) is 0 Å². The molecule has 0 spiro atoms. The Labute approximate surface area is 95.5 Å². The number of fused-ring (bicyclic) bond motifs is 5. The monoisotopic (exact) mass is 222 g/mol. The van der Waals surface area contributed by atoms with Crippen molar-refractivity contribution in [2.75, 3.05) is 0 Å². The molecule has 3 nitrogen and oxygen atoms in total. The van der Waals surface area contributed by atoms with E-state index in [1.54, 1.807) is 0 Å². The van der Waals surface area contributed by atoms with Gasteiger partial charge in [-0.15, -0.1) is 0 Å². The maximum absolute atomic E-state index is 11.4. The van der Waals surface area contributed by atoms with E-state index in [1.165, 1.54) is 6.08 Å². The molecule has 3 rings (SSSR count). The normalized spacial score (nSPS) is 49.1. The Bertz CT molecular complexity index is 351. The molecule has 3 aliphatic rings. The zero-order valence-electron chi connectivity index (χ0n) is 9.45. The van der Waals surface area contributed by atoms with Crippen molar-refractivity contribution in [1.29, 1.82) is 0 Å². The van der Waals surface area contributed by atoms with Crippen LogP contribution in [0.5, 0.6) is 0 Å². The van der Waals surface area contributed by atoms with Gasteiger partial charge >= 0.3 is 5.97 Å². The summed E-state index contributed by atoms with van der Waals surface area (Å²) in [5.41, 5.74) is -1.33. The van der Waals surface area contributed by atoms with Crippen molar-refractivity contribution in [1.82, 2.24) is 0 Å². The molecule has 3 fully saturated rings. The second-order valence-electron chi connectivity index (χ2n) is 5.55. The third-order valence-corrected chi connectivity index (χ3v) is 5.02. The lowest BCUT2D eigenvalue weighted by molar-refractivity contribution is -0.191. The highest BCUT2D eigenvalue weighted by molar-refractivity contribution is 5.81. The number of ether oxygens (including phenoxy) is 1. The Morgan fingerprint density at radius 2 is 2.25 bits per heavy atom. The Kier molecular flexibility index (Phi) is 2.00. The third-order valence-electron chi connectivity index (χ3n) is 5.02. The van der Waals surface area contributed by atoms with E-state index in [9.17, 15) is 9.90 Å². The van der Waals surface area contributed by atoms with E-state index in [4.69, 9.17) is 4.74 Å². The fourth-order valence-corrected chi connectivity index (χ4v) is 4.41. The fraction of sp³-hybridized carbons (Fsp3) is 0.769. The molecule has 0 saturated heterocycles. The minimum absolute atomic E-state index is 0.360. The van der Waals surface area contributed by atoms with Crippen molar-refractivity contribution in [2.45, 2.75) is 49.7 Å². The minimum atomic E-state index is -0.741. The van der Waals surface area contributed by atoms with Crippen LogP contribution in [0.3, 0.4) is 0 Å². The van der Waals surface area contributed by atoms with Crippen molar-refractivity contribution < 1.29 is 14.6 Å². The summed E-state index contributed by atoms with van der Waals surface area (Å²) in [4.78, 5) is 11.4. The second kappa shape index (κ2) is 3.10. The summed E-state index contributed by atoms with van der Waals surface area (Å²) in [7, 11) is 0. The van der Waals surface area contributed by atoms with E-state index in [2.05, 4.69) is 6.58 Å². The van der Waals surface area contributed by atoms with Crippen LogP contribution in [0.2, 0.25) is 0 Å². The zero-order valence-corrected chi connectivity index (χ0v) is 9.45. The van der Waals surface area contributed by atoms with E-state index in [0.717, 1.165) is 38.5 Å². The molecule has 3 aliphatic carbocycles. The largest absolute Gasteiger partial charge is 0.453 e. The molecule has 88 valence electrons. The predicted octanol–water partition coefficient (Wildman–Crippen LogP) is 1.80. The molecule has 3 heteroatoms. The first kappa shape index (κ1) is 10.3. The molecule has 3 saturated carbocycles. The van der Waals surface area contributed by atoms with Crippen LogP contribution in [-0.4, -0.2) is 22.3 Å². The molecular formula is C13H18O3. The molecule has 4 atom stereocenters. The molecule has 0 aromatic heterocycles. The molecule has 0 amide bonds. The molecule has 16 heavy (non-hydrogen) atoms. The van der Waals surface area contributed by atoms with E-state index in [0.29, 0.717) is 11.8 Å². The Balaban J connectivity index is 1.94. The lowest BCUT2D eigenvalue weighted by atomic mass is 9.75. The first-order valence-electron chi connectivity index (χ1n) is 6.19. The highest BCUT2D eigenvalue weighted by Gasteiger charge is 2.70. The van der Waals surface area contributed by atoms with E-state index < -0.39 is 11.2 Å². The van der Waals surface area contributed by atoms with Gasteiger partial charge in [0.05, 0.1) is 0 Å². The average Bonchev–Trinajstić information content (AvgIpc) is 2.87. The third kappa shape index (κ3) is 1.05. The number of esters is 1. The van der Waals surface area contributed by atoms with Gasteiger partial charge in [-0.25, -0.2) is 4.79 Å². The number of hydrogen-bond acceptors (Lipinski definition) is 3. The number of carbonyl (C=O) groups is 1. The first-order valence-corrected chi connectivity index (χ1v) is 6.19.